The molecule has 0 spiro atoms. The molecule has 0 saturated carbocycles. The SMILES string of the molecule is NC(c1ccc(Br)s1)C1Cc2ccccc2O1. The monoisotopic (exact) mass is 309 g/mol. The minimum absolute atomic E-state index is 0.0537. The third kappa shape index (κ3) is 2.12. The zero-order chi connectivity index (χ0) is 11.8. The normalized spacial score (nSPS) is 19.8. The van der Waals surface area contributed by atoms with E-state index in [0.717, 1.165) is 20.8 Å². The molecule has 2 nitrogen and oxygen atoms in total. The van der Waals surface area contributed by atoms with Crippen molar-refractivity contribution in [3.63, 3.8) is 0 Å². The summed E-state index contributed by atoms with van der Waals surface area (Å²) in [7, 11) is 0. The number of halogens is 1. The molecule has 0 radical (unpaired) electrons. The lowest BCUT2D eigenvalue weighted by Crippen LogP contribution is -2.29. The van der Waals surface area contributed by atoms with E-state index < -0.39 is 0 Å². The molecule has 88 valence electrons. The van der Waals surface area contributed by atoms with E-state index in [1.54, 1.807) is 11.3 Å². The summed E-state index contributed by atoms with van der Waals surface area (Å²) in [6.07, 6.45) is 0.949. The number of hydrogen-bond donors (Lipinski definition) is 1. The van der Waals surface area contributed by atoms with Crippen LogP contribution in [0.5, 0.6) is 5.75 Å². The van der Waals surface area contributed by atoms with Crippen LogP contribution in [0.2, 0.25) is 0 Å². The number of hydrogen-bond acceptors (Lipinski definition) is 3. The molecule has 1 aliphatic heterocycles. The molecule has 1 aliphatic rings. The zero-order valence-corrected chi connectivity index (χ0v) is 11.5. The summed E-state index contributed by atoms with van der Waals surface area (Å²) in [5, 5.41) is 0. The predicted octanol–water partition coefficient (Wildman–Crippen LogP) is 3.51. The van der Waals surface area contributed by atoms with Crippen molar-refractivity contribution in [3.05, 3.63) is 50.6 Å². The van der Waals surface area contributed by atoms with Crippen LogP contribution in [0.4, 0.5) is 0 Å². The van der Waals surface area contributed by atoms with Gasteiger partial charge in [0, 0.05) is 11.3 Å². The molecule has 2 heterocycles. The van der Waals surface area contributed by atoms with Gasteiger partial charge in [-0.05, 0) is 39.7 Å². The van der Waals surface area contributed by atoms with Gasteiger partial charge in [-0.3, -0.25) is 0 Å². The van der Waals surface area contributed by atoms with Crippen molar-refractivity contribution in [2.75, 3.05) is 0 Å². The molecule has 0 aliphatic carbocycles. The van der Waals surface area contributed by atoms with Crippen LogP contribution < -0.4 is 10.5 Å². The van der Waals surface area contributed by atoms with E-state index in [9.17, 15) is 0 Å². The van der Waals surface area contributed by atoms with Crippen molar-refractivity contribution in [2.24, 2.45) is 5.73 Å². The number of rotatable bonds is 2. The number of fused-ring (bicyclic) bond motifs is 1. The Morgan fingerprint density at radius 2 is 2.12 bits per heavy atom. The molecular weight excluding hydrogens is 298 g/mol. The summed E-state index contributed by atoms with van der Waals surface area (Å²) in [6.45, 7) is 0. The van der Waals surface area contributed by atoms with Gasteiger partial charge in [-0.15, -0.1) is 11.3 Å². The third-order valence-corrected chi connectivity index (χ3v) is 4.72. The molecule has 17 heavy (non-hydrogen) atoms. The molecule has 2 aromatic rings. The Morgan fingerprint density at radius 3 is 2.82 bits per heavy atom. The highest BCUT2D eigenvalue weighted by atomic mass is 79.9. The first-order valence-corrected chi connectivity index (χ1v) is 7.10. The number of thiophene rings is 1. The van der Waals surface area contributed by atoms with Crippen LogP contribution in [0.25, 0.3) is 0 Å². The molecule has 1 aromatic carbocycles. The molecular formula is C13H12BrNOS. The summed E-state index contributed by atoms with van der Waals surface area (Å²) in [6, 6.07) is 12.2. The summed E-state index contributed by atoms with van der Waals surface area (Å²) in [5.41, 5.74) is 7.51. The summed E-state index contributed by atoms with van der Waals surface area (Å²) in [5.74, 6) is 0.976. The lowest BCUT2D eigenvalue weighted by atomic mass is 10.0. The first kappa shape index (κ1) is 11.3. The fourth-order valence-electron chi connectivity index (χ4n) is 2.10. The molecule has 0 saturated heterocycles. The fourth-order valence-corrected chi connectivity index (χ4v) is 3.58. The van der Waals surface area contributed by atoms with Gasteiger partial charge in [0.1, 0.15) is 11.9 Å². The summed E-state index contributed by atoms with van der Waals surface area (Å²) < 4.78 is 7.01. The Balaban J connectivity index is 1.80. The van der Waals surface area contributed by atoms with Crippen LogP contribution in [-0.2, 0) is 6.42 Å². The van der Waals surface area contributed by atoms with E-state index in [1.807, 2.05) is 24.3 Å². The molecule has 4 heteroatoms. The summed E-state index contributed by atoms with van der Waals surface area (Å²) in [4.78, 5) is 1.16. The molecule has 0 bridgehead atoms. The fraction of sp³-hybridized carbons (Fsp3) is 0.231. The largest absolute Gasteiger partial charge is 0.488 e. The quantitative estimate of drug-likeness (QED) is 0.921. The lowest BCUT2D eigenvalue weighted by Gasteiger charge is -2.17. The second kappa shape index (κ2) is 4.44. The highest BCUT2D eigenvalue weighted by Crippen LogP contribution is 2.35. The van der Waals surface area contributed by atoms with Crippen LogP contribution in [0.3, 0.4) is 0 Å². The van der Waals surface area contributed by atoms with Gasteiger partial charge < -0.3 is 10.5 Å². The van der Waals surface area contributed by atoms with E-state index in [1.165, 1.54) is 5.56 Å². The maximum absolute atomic E-state index is 6.26. The van der Waals surface area contributed by atoms with Crippen molar-refractivity contribution in [1.82, 2.24) is 0 Å². The summed E-state index contributed by atoms with van der Waals surface area (Å²) >= 11 is 5.13. The zero-order valence-electron chi connectivity index (χ0n) is 9.10. The number of para-hydroxylation sites is 1. The Hall–Kier alpha value is -0.840. The van der Waals surface area contributed by atoms with Crippen LogP contribution in [0.1, 0.15) is 16.5 Å². The van der Waals surface area contributed by atoms with Gasteiger partial charge in [-0.2, -0.15) is 0 Å². The lowest BCUT2D eigenvalue weighted by molar-refractivity contribution is 0.201. The Morgan fingerprint density at radius 1 is 1.29 bits per heavy atom. The standard InChI is InChI=1S/C13H12BrNOS/c14-12-6-5-11(17-12)13(15)10-7-8-3-1-2-4-9(8)16-10/h1-6,10,13H,7,15H2. The third-order valence-electron chi connectivity index (χ3n) is 3.00. The van der Waals surface area contributed by atoms with Crippen molar-refractivity contribution in [1.29, 1.82) is 0 Å². The second-order valence-electron chi connectivity index (χ2n) is 4.14. The average molecular weight is 310 g/mol. The van der Waals surface area contributed by atoms with Crippen molar-refractivity contribution < 1.29 is 4.74 Å². The maximum atomic E-state index is 6.26. The highest BCUT2D eigenvalue weighted by Gasteiger charge is 2.29. The predicted molar refractivity (Wildman–Crippen MR) is 73.5 cm³/mol. The van der Waals surface area contributed by atoms with Crippen molar-refractivity contribution in [2.45, 2.75) is 18.6 Å². The molecule has 2 N–H and O–H groups in total. The van der Waals surface area contributed by atoms with E-state index in [2.05, 4.69) is 28.1 Å². The van der Waals surface area contributed by atoms with Crippen LogP contribution in [0, 0.1) is 0 Å². The topological polar surface area (TPSA) is 35.2 Å². The molecule has 3 rings (SSSR count). The second-order valence-corrected chi connectivity index (χ2v) is 6.63. The molecule has 2 atom stereocenters. The minimum atomic E-state index is -0.0568. The maximum Gasteiger partial charge on any atom is 0.123 e. The van der Waals surface area contributed by atoms with E-state index in [0.29, 0.717) is 0 Å². The Kier molecular flexibility index (Phi) is 2.94. The van der Waals surface area contributed by atoms with Gasteiger partial charge >= 0.3 is 0 Å². The molecule has 0 amide bonds. The van der Waals surface area contributed by atoms with Gasteiger partial charge in [-0.25, -0.2) is 0 Å². The highest BCUT2D eigenvalue weighted by molar-refractivity contribution is 9.11. The van der Waals surface area contributed by atoms with Gasteiger partial charge in [0.05, 0.1) is 9.83 Å². The first-order chi connectivity index (χ1) is 8.24. The van der Waals surface area contributed by atoms with E-state index >= 15 is 0 Å². The van der Waals surface area contributed by atoms with Gasteiger partial charge in [0.25, 0.3) is 0 Å². The van der Waals surface area contributed by atoms with Gasteiger partial charge in [-0.1, -0.05) is 18.2 Å². The Labute approximate surface area is 113 Å². The van der Waals surface area contributed by atoms with Gasteiger partial charge in [0.15, 0.2) is 0 Å². The number of nitrogens with two attached hydrogens (primary N) is 1. The minimum Gasteiger partial charge on any atom is -0.488 e. The van der Waals surface area contributed by atoms with Crippen LogP contribution in [0.15, 0.2) is 40.2 Å². The van der Waals surface area contributed by atoms with Gasteiger partial charge in [0.2, 0.25) is 0 Å². The average Bonchev–Trinajstić information content (AvgIpc) is 2.93. The van der Waals surface area contributed by atoms with E-state index in [4.69, 9.17) is 10.5 Å². The molecule has 1 aromatic heterocycles. The molecule has 0 fully saturated rings. The number of benzene rings is 1. The van der Waals surface area contributed by atoms with E-state index in [-0.39, 0.29) is 12.1 Å². The van der Waals surface area contributed by atoms with Crippen LogP contribution in [-0.4, -0.2) is 6.10 Å². The van der Waals surface area contributed by atoms with Crippen molar-refractivity contribution >= 4 is 27.3 Å². The van der Waals surface area contributed by atoms with Crippen LogP contribution >= 0.6 is 27.3 Å². The molecule has 2 unspecified atom stereocenters. The smallest absolute Gasteiger partial charge is 0.123 e. The first-order valence-electron chi connectivity index (χ1n) is 5.49. The van der Waals surface area contributed by atoms with Crippen molar-refractivity contribution in [3.8, 4) is 5.75 Å². The Bertz CT molecular complexity index is 515. The number of ether oxygens (including phenoxy) is 1.